The highest BCUT2D eigenvalue weighted by Crippen LogP contribution is 2.17. The Balaban J connectivity index is 0.00000162. The van der Waals surface area contributed by atoms with Crippen molar-refractivity contribution in [3.05, 3.63) is 34.1 Å². The lowest BCUT2D eigenvalue weighted by Crippen LogP contribution is -2.33. The van der Waals surface area contributed by atoms with Crippen LogP contribution in [0.2, 0.25) is 0 Å². The summed E-state index contributed by atoms with van der Waals surface area (Å²) in [6.07, 6.45) is 0.921. The molecule has 3 nitrogen and oxygen atoms in total. The Morgan fingerprint density at radius 1 is 1.56 bits per heavy atom. The zero-order chi connectivity index (χ0) is 12.4. The summed E-state index contributed by atoms with van der Waals surface area (Å²) >= 11 is 3.27. The summed E-state index contributed by atoms with van der Waals surface area (Å²) in [5.41, 5.74) is 6.16. The van der Waals surface area contributed by atoms with Crippen LogP contribution in [0.25, 0.3) is 0 Å². The quantitative estimate of drug-likeness (QED) is 0.898. The molecule has 1 amide bonds. The number of amides is 1. The molecule has 0 radical (unpaired) electrons. The highest BCUT2D eigenvalue weighted by Gasteiger charge is 2.24. The van der Waals surface area contributed by atoms with Crippen molar-refractivity contribution >= 4 is 34.2 Å². The second-order valence-electron chi connectivity index (χ2n) is 4.30. The number of benzene rings is 1. The van der Waals surface area contributed by atoms with E-state index in [4.69, 9.17) is 5.73 Å². The summed E-state index contributed by atoms with van der Waals surface area (Å²) in [4.78, 5) is 13.6. The van der Waals surface area contributed by atoms with E-state index in [1.165, 1.54) is 6.07 Å². The molecule has 2 rings (SSSR count). The van der Waals surface area contributed by atoms with Crippen molar-refractivity contribution in [1.29, 1.82) is 0 Å². The number of nitrogens with zero attached hydrogens (tertiary/aromatic N) is 1. The summed E-state index contributed by atoms with van der Waals surface area (Å²) < 4.78 is 14.3. The van der Waals surface area contributed by atoms with Gasteiger partial charge in [0.05, 0.1) is 6.42 Å². The highest BCUT2D eigenvalue weighted by molar-refractivity contribution is 9.10. The van der Waals surface area contributed by atoms with Crippen LogP contribution in [0.4, 0.5) is 4.39 Å². The second-order valence-corrected chi connectivity index (χ2v) is 5.22. The minimum atomic E-state index is -0.343. The van der Waals surface area contributed by atoms with Crippen molar-refractivity contribution in [2.45, 2.75) is 18.9 Å². The normalized spacial score (nSPS) is 18.6. The predicted octanol–water partition coefficient (Wildman–Crippen LogP) is 2.11. The molecule has 0 spiro atoms. The van der Waals surface area contributed by atoms with Gasteiger partial charge in [-0.25, -0.2) is 4.39 Å². The summed E-state index contributed by atoms with van der Waals surface area (Å²) in [6.45, 7) is 1.25. The fraction of sp³-hybridized carbons (Fsp3) is 0.417. The van der Waals surface area contributed by atoms with Gasteiger partial charge in [-0.15, -0.1) is 12.4 Å². The van der Waals surface area contributed by atoms with Crippen molar-refractivity contribution in [2.24, 2.45) is 5.73 Å². The molecule has 0 unspecified atom stereocenters. The minimum Gasteiger partial charge on any atom is -0.341 e. The summed E-state index contributed by atoms with van der Waals surface area (Å²) in [7, 11) is 0. The Labute approximate surface area is 120 Å². The van der Waals surface area contributed by atoms with E-state index in [1.54, 1.807) is 17.0 Å². The van der Waals surface area contributed by atoms with Crippen molar-refractivity contribution in [3.63, 3.8) is 0 Å². The molecule has 1 saturated heterocycles. The summed E-state index contributed by atoms with van der Waals surface area (Å²) in [5, 5.41) is 0. The molecule has 100 valence electrons. The van der Waals surface area contributed by atoms with Crippen LogP contribution in [-0.4, -0.2) is 29.9 Å². The highest BCUT2D eigenvalue weighted by atomic mass is 79.9. The largest absolute Gasteiger partial charge is 0.341 e. The predicted molar refractivity (Wildman–Crippen MR) is 74.2 cm³/mol. The molecule has 1 aromatic carbocycles. The summed E-state index contributed by atoms with van der Waals surface area (Å²) in [6, 6.07) is 4.69. The van der Waals surface area contributed by atoms with E-state index in [1.807, 2.05) is 0 Å². The monoisotopic (exact) mass is 336 g/mol. The Morgan fingerprint density at radius 3 is 2.89 bits per heavy atom. The first-order valence-electron chi connectivity index (χ1n) is 5.53. The lowest BCUT2D eigenvalue weighted by atomic mass is 10.1. The standard InChI is InChI=1S/C12H14BrFN2O.ClH/c13-9-1-2-11(14)8(5-9)6-12(17)16-4-3-10(15)7-16;/h1-2,5,10H,3-4,6-7,15H2;1H/t10-;/m1./s1. The van der Waals surface area contributed by atoms with Gasteiger partial charge < -0.3 is 10.6 Å². The third kappa shape index (κ3) is 3.67. The van der Waals surface area contributed by atoms with Gasteiger partial charge in [0.2, 0.25) is 5.91 Å². The molecule has 0 bridgehead atoms. The maximum atomic E-state index is 13.5. The molecule has 1 aliphatic rings. The molecular weight excluding hydrogens is 323 g/mol. The Morgan fingerprint density at radius 2 is 2.28 bits per heavy atom. The first kappa shape index (κ1) is 15.4. The zero-order valence-electron chi connectivity index (χ0n) is 9.73. The number of carbonyl (C=O) groups excluding carboxylic acids is 1. The Bertz CT molecular complexity index is 444. The average Bonchev–Trinajstić information content (AvgIpc) is 2.70. The second kappa shape index (κ2) is 6.50. The third-order valence-electron chi connectivity index (χ3n) is 2.93. The number of hydrogen-bond acceptors (Lipinski definition) is 2. The first-order valence-corrected chi connectivity index (χ1v) is 6.33. The fourth-order valence-corrected chi connectivity index (χ4v) is 2.38. The SMILES string of the molecule is Cl.N[C@@H]1CCN(C(=O)Cc2cc(Br)ccc2F)C1. The molecule has 1 atom stereocenters. The average molecular weight is 338 g/mol. The minimum absolute atomic E-state index is 0. The molecule has 1 aliphatic heterocycles. The van der Waals surface area contributed by atoms with E-state index < -0.39 is 0 Å². The van der Waals surface area contributed by atoms with Gasteiger partial charge in [-0.1, -0.05) is 15.9 Å². The van der Waals surface area contributed by atoms with Crippen LogP contribution in [0.5, 0.6) is 0 Å². The van der Waals surface area contributed by atoms with Crippen LogP contribution in [0.3, 0.4) is 0 Å². The molecule has 1 aromatic rings. The zero-order valence-corrected chi connectivity index (χ0v) is 12.1. The van der Waals surface area contributed by atoms with E-state index >= 15 is 0 Å². The van der Waals surface area contributed by atoms with E-state index in [0.717, 1.165) is 10.9 Å². The smallest absolute Gasteiger partial charge is 0.227 e. The molecule has 1 fully saturated rings. The number of rotatable bonds is 2. The number of nitrogens with two attached hydrogens (primary N) is 1. The summed E-state index contributed by atoms with van der Waals surface area (Å²) in [5.74, 6) is -0.403. The van der Waals surface area contributed by atoms with Gasteiger partial charge >= 0.3 is 0 Å². The third-order valence-corrected chi connectivity index (χ3v) is 3.42. The lowest BCUT2D eigenvalue weighted by molar-refractivity contribution is -0.129. The van der Waals surface area contributed by atoms with Crippen LogP contribution in [0.1, 0.15) is 12.0 Å². The van der Waals surface area contributed by atoms with Gasteiger partial charge in [-0.05, 0) is 30.2 Å². The molecule has 0 aliphatic carbocycles. The lowest BCUT2D eigenvalue weighted by Gasteiger charge is -2.16. The van der Waals surface area contributed by atoms with Gasteiger partial charge in [0.15, 0.2) is 0 Å². The van der Waals surface area contributed by atoms with Crippen LogP contribution in [0.15, 0.2) is 22.7 Å². The van der Waals surface area contributed by atoms with Gasteiger partial charge in [0, 0.05) is 23.6 Å². The van der Waals surface area contributed by atoms with Crippen LogP contribution >= 0.6 is 28.3 Å². The maximum Gasteiger partial charge on any atom is 0.227 e. The molecule has 18 heavy (non-hydrogen) atoms. The molecule has 1 heterocycles. The Hall–Kier alpha value is -0.650. The van der Waals surface area contributed by atoms with E-state index in [9.17, 15) is 9.18 Å². The molecule has 0 aromatic heterocycles. The first-order chi connectivity index (χ1) is 8.06. The van der Waals surface area contributed by atoms with Crippen molar-refractivity contribution < 1.29 is 9.18 Å². The number of carbonyl (C=O) groups is 1. The molecule has 2 N–H and O–H groups in total. The van der Waals surface area contributed by atoms with Crippen LogP contribution in [-0.2, 0) is 11.2 Å². The molecule has 0 saturated carbocycles. The van der Waals surface area contributed by atoms with Crippen molar-refractivity contribution in [1.82, 2.24) is 4.90 Å². The maximum absolute atomic E-state index is 13.5. The van der Waals surface area contributed by atoms with Crippen LogP contribution < -0.4 is 5.73 Å². The van der Waals surface area contributed by atoms with Gasteiger partial charge in [-0.3, -0.25) is 4.79 Å². The van der Waals surface area contributed by atoms with E-state index in [-0.39, 0.29) is 36.6 Å². The van der Waals surface area contributed by atoms with E-state index in [0.29, 0.717) is 18.7 Å². The Kier molecular flexibility index (Phi) is 5.56. The molecule has 6 heteroatoms. The fourth-order valence-electron chi connectivity index (χ4n) is 1.97. The number of likely N-dealkylation sites (tertiary alicyclic amines) is 1. The van der Waals surface area contributed by atoms with Crippen LogP contribution in [0, 0.1) is 5.82 Å². The number of halogens is 3. The van der Waals surface area contributed by atoms with Gasteiger partial charge in [-0.2, -0.15) is 0 Å². The molecular formula is C12H15BrClFN2O. The van der Waals surface area contributed by atoms with Crippen molar-refractivity contribution in [3.8, 4) is 0 Å². The topological polar surface area (TPSA) is 46.3 Å². The van der Waals surface area contributed by atoms with Crippen molar-refractivity contribution in [2.75, 3.05) is 13.1 Å². The number of hydrogen-bond donors (Lipinski definition) is 1. The van der Waals surface area contributed by atoms with Gasteiger partial charge in [0.1, 0.15) is 5.82 Å². The van der Waals surface area contributed by atoms with E-state index in [2.05, 4.69) is 15.9 Å². The van der Waals surface area contributed by atoms with Gasteiger partial charge in [0.25, 0.3) is 0 Å².